The summed E-state index contributed by atoms with van der Waals surface area (Å²) in [4.78, 5) is 14.8. The molecule has 1 aliphatic heterocycles. The van der Waals surface area contributed by atoms with Crippen molar-refractivity contribution in [2.24, 2.45) is 0 Å². The second-order valence-corrected chi connectivity index (χ2v) is 7.60. The maximum atomic E-state index is 12.8. The third-order valence-electron chi connectivity index (χ3n) is 5.07. The molecule has 1 N–H and O–H groups in total. The van der Waals surface area contributed by atoms with Gasteiger partial charge in [0, 0.05) is 30.8 Å². The van der Waals surface area contributed by atoms with Gasteiger partial charge >= 0.3 is 0 Å². The number of rotatable bonds is 7. The van der Waals surface area contributed by atoms with Crippen LogP contribution >= 0.6 is 12.6 Å². The van der Waals surface area contributed by atoms with E-state index in [4.69, 9.17) is 0 Å². The van der Waals surface area contributed by atoms with Crippen molar-refractivity contribution in [2.45, 2.75) is 50.4 Å². The number of fused-ring (bicyclic) bond motifs is 1. The highest BCUT2D eigenvalue weighted by atomic mass is 32.1. The van der Waals surface area contributed by atoms with Crippen LogP contribution in [0.2, 0.25) is 0 Å². The molecule has 0 bridgehead atoms. The molecule has 0 radical (unpaired) electrons. The highest BCUT2D eigenvalue weighted by Crippen LogP contribution is 2.22. The Morgan fingerprint density at radius 1 is 1.24 bits per heavy atom. The van der Waals surface area contributed by atoms with Gasteiger partial charge in [0.05, 0.1) is 0 Å². The predicted octanol–water partition coefficient (Wildman–Crippen LogP) is 4.02. The van der Waals surface area contributed by atoms with Crippen molar-refractivity contribution in [3.8, 4) is 0 Å². The summed E-state index contributed by atoms with van der Waals surface area (Å²) in [6.07, 6.45) is 3.70. The van der Waals surface area contributed by atoms with Gasteiger partial charge in [-0.1, -0.05) is 55.8 Å². The van der Waals surface area contributed by atoms with Crippen LogP contribution in [0.25, 0.3) is 10.8 Å². The third kappa shape index (κ3) is 4.56. The van der Waals surface area contributed by atoms with Crippen molar-refractivity contribution in [2.75, 3.05) is 13.1 Å². The van der Waals surface area contributed by atoms with E-state index in [1.54, 1.807) is 0 Å². The lowest BCUT2D eigenvalue weighted by molar-refractivity contribution is -0.132. The summed E-state index contributed by atoms with van der Waals surface area (Å²) in [5.41, 5.74) is 1.22. The molecule has 0 aliphatic carbocycles. The molecular formula is C21H28N2OS. The first kappa shape index (κ1) is 18.3. The zero-order chi connectivity index (χ0) is 17.6. The lowest BCUT2D eigenvalue weighted by Crippen LogP contribution is -2.43. The lowest BCUT2D eigenvalue weighted by Gasteiger charge is -2.28. The first-order chi connectivity index (χ1) is 12.2. The normalized spacial score (nSPS) is 20.1. The van der Waals surface area contributed by atoms with E-state index in [1.807, 2.05) is 4.90 Å². The maximum absolute atomic E-state index is 12.8. The summed E-state index contributed by atoms with van der Waals surface area (Å²) in [6.45, 7) is 4.53. The Kier molecular flexibility index (Phi) is 6.38. The van der Waals surface area contributed by atoms with E-state index in [2.05, 4.69) is 67.3 Å². The Balaban J connectivity index is 1.81. The monoisotopic (exact) mass is 356 g/mol. The zero-order valence-electron chi connectivity index (χ0n) is 14.9. The Morgan fingerprint density at radius 3 is 2.80 bits per heavy atom. The number of carbonyl (C=O) groups is 1. The molecule has 2 aromatic carbocycles. The summed E-state index contributed by atoms with van der Waals surface area (Å²) in [5, 5.41) is 6.29. The first-order valence-corrected chi connectivity index (χ1v) is 9.86. The Bertz CT molecular complexity index is 713. The van der Waals surface area contributed by atoms with E-state index < -0.39 is 0 Å². The minimum Gasteiger partial charge on any atom is -0.337 e. The topological polar surface area (TPSA) is 32.3 Å². The van der Waals surface area contributed by atoms with Crippen LogP contribution in [0.4, 0.5) is 0 Å². The molecule has 3 rings (SSSR count). The molecule has 1 aliphatic rings. The lowest BCUT2D eigenvalue weighted by atomic mass is 10.0. The quantitative estimate of drug-likeness (QED) is 0.735. The molecule has 0 spiro atoms. The number of thiol groups is 1. The molecule has 2 atom stereocenters. The summed E-state index contributed by atoms with van der Waals surface area (Å²) in [7, 11) is 0. The summed E-state index contributed by atoms with van der Waals surface area (Å²) < 4.78 is 0. The highest BCUT2D eigenvalue weighted by Gasteiger charge is 2.27. The molecule has 2 aromatic rings. The van der Waals surface area contributed by atoms with Crippen LogP contribution in [0, 0.1) is 0 Å². The van der Waals surface area contributed by atoms with Gasteiger partial charge in [-0.2, -0.15) is 12.6 Å². The smallest absolute Gasteiger partial charge is 0.222 e. The van der Waals surface area contributed by atoms with E-state index in [-0.39, 0.29) is 11.9 Å². The van der Waals surface area contributed by atoms with Gasteiger partial charge in [0.15, 0.2) is 0 Å². The molecular weight excluding hydrogens is 328 g/mol. The molecule has 0 unspecified atom stereocenters. The molecule has 0 saturated carbocycles. The third-order valence-corrected chi connectivity index (χ3v) is 5.68. The minimum atomic E-state index is 0.254. The zero-order valence-corrected chi connectivity index (χ0v) is 15.8. The Labute approximate surface area is 156 Å². The van der Waals surface area contributed by atoms with Crippen LogP contribution < -0.4 is 5.32 Å². The van der Waals surface area contributed by atoms with Crippen LogP contribution in [0.3, 0.4) is 0 Å². The van der Waals surface area contributed by atoms with Crippen LogP contribution in [-0.4, -0.2) is 35.2 Å². The van der Waals surface area contributed by atoms with E-state index in [9.17, 15) is 4.79 Å². The van der Waals surface area contributed by atoms with Crippen LogP contribution in [-0.2, 0) is 11.3 Å². The number of unbranched alkanes of at least 4 members (excludes halogenated alkanes) is 1. The molecule has 1 fully saturated rings. The second kappa shape index (κ2) is 8.72. The van der Waals surface area contributed by atoms with Crippen molar-refractivity contribution in [1.82, 2.24) is 10.2 Å². The molecule has 1 heterocycles. The number of hydrogen-bond acceptors (Lipinski definition) is 3. The van der Waals surface area contributed by atoms with Gasteiger partial charge < -0.3 is 10.2 Å². The number of hydrogen-bond donors (Lipinski definition) is 2. The van der Waals surface area contributed by atoms with Crippen LogP contribution in [0.5, 0.6) is 0 Å². The standard InChI is InChI=1S/C21H28N2OS/c1-2-3-11-21(24)23(15-19-20(25)12-13-22-19)14-17-9-6-8-16-7-4-5-10-18(16)17/h4-10,19-20,22,25H,2-3,11-15H2,1H3/t19-,20-/m0/s1. The fourth-order valence-electron chi connectivity index (χ4n) is 3.55. The molecule has 25 heavy (non-hydrogen) atoms. The summed E-state index contributed by atoms with van der Waals surface area (Å²) >= 11 is 4.69. The number of nitrogens with zero attached hydrogens (tertiary/aromatic N) is 1. The van der Waals surface area contributed by atoms with Gasteiger partial charge in [-0.15, -0.1) is 0 Å². The average Bonchev–Trinajstić information content (AvgIpc) is 3.04. The number of carbonyl (C=O) groups excluding carboxylic acids is 1. The van der Waals surface area contributed by atoms with Gasteiger partial charge in [-0.05, 0) is 35.7 Å². The highest BCUT2D eigenvalue weighted by molar-refractivity contribution is 7.81. The molecule has 1 amide bonds. The van der Waals surface area contributed by atoms with Gasteiger partial charge in [-0.25, -0.2) is 0 Å². The predicted molar refractivity (Wildman–Crippen MR) is 108 cm³/mol. The number of nitrogens with one attached hydrogen (secondary N) is 1. The Hall–Kier alpha value is -1.52. The SMILES string of the molecule is CCCCC(=O)N(Cc1cccc2ccccc12)C[C@@H]1NCC[C@@H]1S. The average molecular weight is 357 g/mol. The van der Waals surface area contributed by atoms with Crippen molar-refractivity contribution < 1.29 is 4.79 Å². The molecule has 0 aromatic heterocycles. The van der Waals surface area contributed by atoms with E-state index in [0.717, 1.165) is 32.4 Å². The van der Waals surface area contributed by atoms with E-state index in [0.29, 0.717) is 18.2 Å². The first-order valence-electron chi connectivity index (χ1n) is 9.35. The van der Waals surface area contributed by atoms with Gasteiger partial charge in [0.2, 0.25) is 5.91 Å². The van der Waals surface area contributed by atoms with Crippen molar-refractivity contribution in [3.63, 3.8) is 0 Å². The van der Waals surface area contributed by atoms with Crippen molar-refractivity contribution in [3.05, 3.63) is 48.0 Å². The molecule has 1 saturated heterocycles. The fraction of sp³-hybridized carbons (Fsp3) is 0.476. The van der Waals surface area contributed by atoms with Crippen LogP contribution in [0.1, 0.15) is 38.2 Å². The summed E-state index contributed by atoms with van der Waals surface area (Å²) in [5.74, 6) is 0.254. The largest absolute Gasteiger partial charge is 0.337 e. The number of benzene rings is 2. The molecule has 134 valence electrons. The van der Waals surface area contributed by atoms with Gasteiger partial charge in [0.25, 0.3) is 0 Å². The van der Waals surface area contributed by atoms with Gasteiger partial charge in [-0.3, -0.25) is 4.79 Å². The second-order valence-electron chi connectivity index (χ2n) is 6.93. The fourth-order valence-corrected chi connectivity index (χ4v) is 3.88. The molecule has 3 nitrogen and oxygen atoms in total. The Morgan fingerprint density at radius 2 is 2.04 bits per heavy atom. The van der Waals surface area contributed by atoms with E-state index in [1.165, 1.54) is 16.3 Å². The summed E-state index contributed by atoms with van der Waals surface area (Å²) in [6, 6.07) is 15.0. The number of amides is 1. The van der Waals surface area contributed by atoms with Gasteiger partial charge in [0.1, 0.15) is 0 Å². The van der Waals surface area contributed by atoms with Crippen molar-refractivity contribution in [1.29, 1.82) is 0 Å². The van der Waals surface area contributed by atoms with Crippen molar-refractivity contribution >= 4 is 29.3 Å². The van der Waals surface area contributed by atoms with E-state index >= 15 is 0 Å². The minimum absolute atomic E-state index is 0.254. The molecule has 4 heteroatoms. The van der Waals surface area contributed by atoms with Crippen LogP contribution in [0.15, 0.2) is 42.5 Å². The maximum Gasteiger partial charge on any atom is 0.222 e.